The van der Waals surface area contributed by atoms with Crippen molar-refractivity contribution in [1.29, 1.82) is 0 Å². The summed E-state index contributed by atoms with van der Waals surface area (Å²) in [6.07, 6.45) is 1.59. The van der Waals surface area contributed by atoms with Gasteiger partial charge in [-0.25, -0.2) is 8.42 Å². The molecule has 0 aliphatic rings. The monoisotopic (exact) mass is 321 g/mol. The van der Waals surface area contributed by atoms with Gasteiger partial charge in [0.2, 0.25) is 0 Å². The lowest BCUT2D eigenvalue weighted by Gasteiger charge is -2.15. The molecule has 1 rings (SSSR count). The Kier molecular flexibility index (Phi) is 4.97. The fourth-order valence-corrected chi connectivity index (χ4v) is 2.51. The maximum atomic E-state index is 11.1. The highest BCUT2D eigenvalue weighted by Gasteiger charge is 2.14. The van der Waals surface area contributed by atoms with Crippen LogP contribution in [0.3, 0.4) is 0 Å². The quantitative estimate of drug-likeness (QED) is 0.899. The molecule has 6 heteroatoms. The minimum Gasteiger partial charge on any atom is -0.496 e. The fraction of sp³-hybridized carbons (Fsp3) is 0.455. The van der Waals surface area contributed by atoms with E-state index in [0.717, 1.165) is 10.0 Å². The van der Waals surface area contributed by atoms with Crippen molar-refractivity contribution < 1.29 is 13.2 Å². The molecule has 0 aromatic heterocycles. The zero-order valence-corrected chi connectivity index (χ0v) is 12.2. The molecule has 0 aliphatic heterocycles. The van der Waals surface area contributed by atoms with Crippen LogP contribution in [-0.2, 0) is 9.84 Å². The molecular formula is C11H16BrNO3S. The molecule has 0 heterocycles. The first-order valence-corrected chi connectivity index (χ1v) is 7.95. The van der Waals surface area contributed by atoms with E-state index in [9.17, 15) is 8.42 Å². The number of halogens is 1. The Morgan fingerprint density at radius 2 is 2.12 bits per heavy atom. The van der Waals surface area contributed by atoms with Gasteiger partial charge >= 0.3 is 0 Å². The molecule has 0 saturated carbocycles. The van der Waals surface area contributed by atoms with Gasteiger partial charge in [0.1, 0.15) is 15.6 Å². The summed E-state index contributed by atoms with van der Waals surface area (Å²) in [5.41, 5.74) is 6.79. The summed E-state index contributed by atoms with van der Waals surface area (Å²) in [4.78, 5) is 0. The summed E-state index contributed by atoms with van der Waals surface area (Å²) in [5.74, 6) is 0.744. The largest absolute Gasteiger partial charge is 0.496 e. The van der Waals surface area contributed by atoms with Crippen molar-refractivity contribution in [3.8, 4) is 5.75 Å². The second-order valence-corrected chi connectivity index (χ2v) is 7.09. The van der Waals surface area contributed by atoms with Gasteiger partial charge in [0, 0.05) is 22.3 Å². The standard InChI is InChI=1S/C11H16BrNO3S/c1-16-11-7-8(12)3-4-9(11)10(13)5-6-17(2,14)15/h3-4,7,10H,5-6,13H2,1-2H3. The molecule has 1 unspecified atom stereocenters. The number of sulfone groups is 1. The van der Waals surface area contributed by atoms with Crippen molar-refractivity contribution in [1.82, 2.24) is 0 Å². The smallest absolute Gasteiger partial charge is 0.147 e. The minimum atomic E-state index is -2.99. The summed E-state index contributed by atoms with van der Waals surface area (Å²) in [5, 5.41) is 0. The Labute approximate surface area is 110 Å². The SMILES string of the molecule is COc1cc(Br)ccc1C(N)CCS(C)(=O)=O. The van der Waals surface area contributed by atoms with Crippen molar-refractivity contribution in [2.24, 2.45) is 5.73 Å². The predicted octanol–water partition coefficient (Wildman–Crippen LogP) is 1.89. The number of rotatable bonds is 5. The molecular weight excluding hydrogens is 306 g/mol. The predicted molar refractivity (Wildman–Crippen MR) is 72.0 cm³/mol. The zero-order chi connectivity index (χ0) is 13.1. The van der Waals surface area contributed by atoms with Crippen LogP contribution < -0.4 is 10.5 Å². The first-order valence-electron chi connectivity index (χ1n) is 5.10. The number of nitrogens with two attached hydrogens (primary N) is 1. The summed E-state index contributed by atoms with van der Waals surface area (Å²) in [6, 6.07) is 5.18. The van der Waals surface area contributed by atoms with E-state index < -0.39 is 9.84 Å². The van der Waals surface area contributed by atoms with Crippen LogP contribution in [0.15, 0.2) is 22.7 Å². The maximum absolute atomic E-state index is 11.1. The molecule has 0 fully saturated rings. The maximum Gasteiger partial charge on any atom is 0.147 e. The summed E-state index contributed by atoms with van der Waals surface area (Å²) < 4.78 is 28.3. The van der Waals surface area contributed by atoms with Crippen molar-refractivity contribution in [3.63, 3.8) is 0 Å². The molecule has 0 radical (unpaired) electrons. The average Bonchev–Trinajstić information content (AvgIpc) is 2.24. The van der Waals surface area contributed by atoms with Gasteiger partial charge in [0.25, 0.3) is 0 Å². The molecule has 1 atom stereocenters. The molecule has 1 aromatic carbocycles. The third kappa shape index (κ3) is 4.65. The molecule has 0 bridgehead atoms. The molecule has 0 amide bonds. The van der Waals surface area contributed by atoms with Gasteiger partial charge in [-0.05, 0) is 18.6 Å². The lowest BCUT2D eigenvalue weighted by molar-refractivity contribution is 0.404. The van der Waals surface area contributed by atoms with Crippen LogP contribution in [0.5, 0.6) is 5.75 Å². The number of methoxy groups -OCH3 is 1. The third-order valence-corrected chi connectivity index (χ3v) is 3.87. The van der Waals surface area contributed by atoms with Gasteiger partial charge in [-0.2, -0.15) is 0 Å². The lowest BCUT2D eigenvalue weighted by Crippen LogP contribution is -2.16. The second-order valence-electron chi connectivity index (χ2n) is 3.91. The highest BCUT2D eigenvalue weighted by atomic mass is 79.9. The fourth-order valence-electron chi connectivity index (χ4n) is 1.49. The Morgan fingerprint density at radius 1 is 1.47 bits per heavy atom. The van der Waals surface area contributed by atoms with Crippen LogP contribution in [0.4, 0.5) is 0 Å². The summed E-state index contributed by atoms with van der Waals surface area (Å²) in [7, 11) is -1.42. The first-order chi connectivity index (χ1) is 7.83. The third-order valence-electron chi connectivity index (χ3n) is 2.39. The lowest BCUT2D eigenvalue weighted by atomic mass is 10.0. The van der Waals surface area contributed by atoms with Gasteiger partial charge in [-0.3, -0.25) is 0 Å². The van der Waals surface area contributed by atoms with E-state index in [1.54, 1.807) is 7.11 Å². The van der Waals surface area contributed by atoms with Crippen molar-refractivity contribution in [2.75, 3.05) is 19.1 Å². The highest BCUT2D eigenvalue weighted by molar-refractivity contribution is 9.10. The number of hydrogen-bond acceptors (Lipinski definition) is 4. The van der Waals surface area contributed by atoms with E-state index in [1.807, 2.05) is 18.2 Å². The van der Waals surface area contributed by atoms with Gasteiger partial charge < -0.3 is 10.5 Å². The van der Waals surface area contributed by atoms with E-state index in [-0.39, 0.29) is 11.8 Å². The zero-order valence-electron chi connectivity index (χ0n) is 9.81. The summed E-state index contributed by atoms with van der Waals surface area (Å²) in [6.45, 7) is 0. The molecule has 0 saturated heterocycles. The van der Waals surface area contributed by atoms with Gasteiger partial charge in [0.05, 0.1) is 12.9 Å². The molecule has 96 valence electrons. The van der Waals surface area contributed by atoms with Gasteiger partial charge in [-0.15, -0.1) is 0 Å². The van der Waals surface area contributed by atoms with E-state index in [4.69, 9.17) is 10.5 Å². The number of ether oxygens (including phenoxy) is 1. The molecule has 17 heavy (non-hydrogen) atoms. The number of benzene rings is 1. The molecule has 2 N–H and O–H groups in total. The van der Waals surface area contributed by atoms with Gasteiger partial charge in [0.15, 0.2) is 0 Å². The van der Waals surface area contributed by atoms with Crippen molar-refractivity contribution in [2.45, 2.75) is 12.5 Å². The Hall–Kier alpha value is -0.590. The minimum absolute atomic E-state index is 0.0768. The topological polar surface area (TPSA) is 69.4 Å². The highest BCUT2D eigenvalue weighted by Crippen LogP contribution is 2.29. The average molecular weight is 322 g/mol. The Morgan fingerprint density at radius 3 is 2.65 bits per heavy atom. The first kappa shape index (κ1) is 14.5. The Bertz CT molecular complexity index is 487. The van der Waals surface area contributed by atoms with Crippen molar-refractivity contribution in [3.05, 3.63) is 28.2 Å². The Balaban J connectivity index is 2.85. The molecule has 0 aliphatic carbocycles. The second kappa shape index (κ2) is 5.84. The van der Waals surface area contributed by atoms with E-state index in [0.29, 0.717) is 12.2 Å². The van der Waals surface area contributed by atoms with Crippen LogP contribution in [-0.4, -0.2) is 27.5 Å². The van der Waals surface area contributed by atoms with E-state index >= 15 is 0 Å². The molecule has 1 aromatic rings. The van der Waals surface area contributed by atoms with Crippen LogP contribution in [0.2, 0.25) is 0 Å². The van der Waals surface area contributed by atoms with Gasteiger partial charge in [-0.1, -0.05) is 22.0 Å². The number of hydrogen-bond donors (Lipinski definition) is 1. The molecule has 4 nitrogen and oxygen atoms in total. The van der Waals surface area contributed by atoms with E-state index in [1.165, 1.54) is 6.26 Å². The normalized spacial score (nSPS) is 13.4. The van der Waals surface area contributed by atoms with Crippen LogP contribution in [0, 0.1) is 0 Å². The van der Waals surface area contributed by atoms with E-state index in [2.05, 4.69) is 15.9 Å². The van der Waals surface area contributed by atoms with Crippen LogP contribution in [0.1, 0.15) is 18.0 Å². The van der Waals surface area contributed by atoms with Crippen LogP contribution >= 0.6 is 15.9 Å². The molecule has 0 spiro atoms. The van der Waals surface area contributed by atoms with Crippen molar-refractivity contribution >= 4 is 25.8 Å². The van der Waals surface area contributed by atoms with Crippen LogP contribution in [0.25, 0.3) is 0 Å². The summed E-state index contributed by atoms with van der Waals surface area (Å²) >= 11 is 3.34.